The molecular formula is C10H19NO3S3. The molecule has 0 aliphatic rings. The van der Waals surface area contributed by atoms with Crippen molar-refractivity contribution in [3.05, 3.63) is 11.5 Å². The molecule has 0 fully saturated rings. The van der Waals surface area contributed by atoms with Crippen LogP contribution in [-0.2, 0) is 10.1 Å². The smallest absolute Gasteiger partial charge is 0.287 e. The number of nitrogens with one attached hydrogen (secondary N) is 1. The third-order valence-corrected chi connectivity index (χ3v) is 3.68. The van der Waals surface area contributed by atoms with Gasteiger partial charge in [-0.15, -0.1) is 0 Å². The number of thioether (sulfide) groups is 1. The van der Waals surface area contributed by atoms with Gasteiger partial charge >= 0.3 is 0 Å². The Morgan fingerprint density at radius 2 is 2.12 bits per heavy atom. The summed E-state index contributed by atoms with van der Waals surface area (Å²) in [6.45, 7) is 3.02. The predicted octanol–water partition coefficient (Wildman–Crippen LogP) is 2.58. The van der Waals surface area contributed by atoms with E-state index in [-0.39, 0.29) is 0 Å². The Kier molecular flexibility index (Phi) is 9.81. The molecule has 0 aromatic carbocycles. The molecule has 0 spiro atoms. The minimum absolute atomic E-state index is 0.431. The van der Waals surface area contributed by atoms with Crippen molar-refractivity contribution in [3.63, 3.8) is 0 Å². The fourth-order valence-corrected chi connectivity index (χ4v) is 2.39. The van der Waals surface area contributed by atoms with Crippen molar-refractivity contribution in [2.75, 3.05) is 12.3 Å². The molecule has 7 heteroatoms. The molecule has 0 saturated carbocycles. The first-order valence-corrected chi connectivity index (χ1v) is 8.40. The average molecular weight is 297 g/mol. The molecule has 2 N–H and O–H groups in total. The lowest BCUT2D eigenvalue weighted by Gasteiger charge is -2.05. The van der Waals surface area contributed by atoms with E-state index < -0.39 is 10.1 Å². The van der Waals surface area contributed by atoms with E-state index in [1.807, 2.05) is 0 Å². The van der Waals surface area contributed by atoms with Crippen LogP contribution in [0.25, 0.3) is 0 Å². The number of rotatable bonds is 8. The minimum atomic E-state index is -4.01. The Hall–Kier alpha value is -0.110. The summed E-state index contributed by atoms with van der Waals surface area (Å²) < 4.78 is 29.8. The molecule has 0 aliphatic carbocycles. The van der Waals surface area contributed by atoms with Gasteiger partial charge in [-0.25, -0.2) is 0 Å². The summed E-state index contributed by atoms with van der Waals surface area (Å²) >= 11 is 6.38. The van der Waals surface area contributed by atoms with E-state index >= 15 is 0 Å². The van der Waals surface area contributed by atoms with Crippen LogP contribution in [0.3, 0.4) is 0 Å². The van der Waals surface area contributed by atoms with E-state index in [0.29, 0.717) is 10.1 Å². The zero-order valence-electron chi connectivity index (χ0n) is 9.89. The van der Waals surface area contributed by atoms with Crippen molar-refractivity contribution in [1.29, 1.82) is 0 Å². The van der Waals surface area contributed by atoms with Crippen molar-refractivity contribution < 1.29 is 13.0 Å². The molecule has 0 heterocycles. The molecule has 0 amide bonds. The van der Waals surface area contributed by atoms with Gasteiger partial charge in [-0.3, -0.25) is 4.55 Å². The molecule has 4 nitrogen and oxygen atoms in total. The van der Waals surface area contributed by atoms with Crippen LogP contribution < -0.4 is 5.32 Å². The van der Waals surface area contributed by atoms with Crippen LogP contribution in [0.4, 0.5) is 0 Å². The summed E-state index contributed by atoms with van der Waals surface area (Å²) in [4.78, 5) is 0. The standard InChI is InChI=1S/C10H19NO3S3/c1-2-3-4-5-7-11-10(15)16-8-6-9-17(12,13)14/h6,9H,2-5,7-8H2,1H3,(H,11,15)(H,12,13,14)/b9-6-. The van der Waals surface area contributed by atoms with Crippen LogP contribution in [0.5, 0.6) is 0 Å². The van der Waals surface area contributed by atoms with E-state index in [1.165, 1.54) is 37.1 Å². The van der Waals surface area contributed by atoms with Crippen LogP contribution in [0.15, 0.2) is 11.5 Å². The largest absolute Gasteiger partial charge is 0.371 e. The van der Waals surface area contributed by atoms with Gasteiger partial charge in [0.2, 0.25) is 0 Å². The molecule has 17 heavy (non-hydrogen) atoms. The number of thiocarbonyl (C=S) groups is 1. The van der Waals surface area contributed by atoms with Gasteiger partial charge in [-0.05, 0) is 6.42 Å². The maximum atomic E-state index is 10.4. The third-order valence-electron chi connectivity index (χ3n) is 1.88. The van der Waals surface area contributed by atoms with E-state index in [4.69, 9.17) is 16.8 Å². The zero-order valence-corrected chi connectivity index (χ0v) is 12.3. The molecule has 0 aliphatic heterocycles. The quantitative estimate of drug-likeness (QED) is 0.408. The number of hydrogen-bond acceptors (Lipinski definition) is 4. The van der Waals surface area contributed by atoms with Crippen LogP contribution in [-0.4, -0.2) is 29.6 Å². The van der Waals surface area contributed by atoms with Crippen LogP contribution in [0.2, 0.25) is 0 Å². The molecule has 100 valence electrons. The van der Waals surface area contributed by atoms with Crippen molar-refractivity contribution >= 4 is 38.4 Å². The molecule has 0 saturated heterocycles. The maximum Gasteiger partial charge on any atom is 0.287 e. The van der Waals surface area contributed by atoms with Gasteiger partial charge in [-0.1, -0.05) is 56.2 Å². The van der Waals surface area contributed by atoms with Crippen molar-refractivity contribution in [2.24, 2.45) is 0 Å². The number of hydrogen-bond donors (Lipinski definition) is 2. The first kappa shape index (κ1) is 16.9. The lowest BCUT2D eigenvalue weighted by Crippen LogP contribution is -2.19. The molecular weight excluding hydrogens is 278 g/mol. The maximum absolute atomic E-state index is 10.4. The van der Waals surface area contributed by atoms with Crippen molar-refractivity contribution in [3.8, 4) is 0 Å². The molecule has 0 rings (SSSR count). The fraction of sp³-hybridized carbons (Fsp3) is 0.700. The third kappa shape index (κ3) is 13.8. The minimum Gasteiger partial charge on any atom is -0.371 e. The van der Waals surface area contributed by atoms with Gasteiger partial charge in [0.15, 0.2) is 0 Å². The summed E-state index contributed by atoms with van der Waals surface area (Å²) in [6.07, 6.45) is 6.10. The van der Waals surface area contributed by atoms with Gasteiger partial charge in [0.25, 0.3) is 10.1 Å². The van der Waals surface area contributed by atoms with Crippen LogP contribution >= 0.6 is 24.0 Å². The second-order valence-electron chi connectivity index (χ2n) is 3.47. The summed E-state index contributed by atoms with van der Waals surface area (Å²) in [7, 11) is -4.01. The van der Waals surface area contributed by atoms with Gasteiger partial charge in [0.05, 0.1) is 5.41 Å². The second kappa shape index (κ2) is 9.87. The Morgan fingerprint density at radius 3 is 2.71 bits per heavy atom. The normalized spacial score (nSPS) is 11.9. The fourth-order valence-electron chi connectivity index (χ4n) is 1.08. The summed E-state index contributed by atoms with van der Waals surface area (Å²) in [5, 5.41) is 3.86. The van der Waals surface area contributed by atoms with E-state index in [1.54, 1.807) is 0 Å². The Labute approximate surface area is 113 Å². The molecule has 0 radical (unpaired) electrons. The van der Waals surface area contributed by atoms with Gasteiger partial charge in [0, 0.05) is 12.3 Å². The second-order valence-corrected chi connectivity index (χ2v) is 6.47. The summed E-state index contributed by atoms with van der Waals surface area (Å²) in [6, 6.07) is 0. The Morgan fingerprint density at radius 1 is 1.41 bits per heavy atom. The molecule has 0 unspecified atom stereocenters. The lowest BCUT2D eigenvalue weighted by molar-refractivity contribution is 0.494. The van der Waals surface area contributed by atoms with E-state index in [2.05, 4.69) is 12.2 Å². The highest BCUT2D eigenvalue weighted by molar-refractivity contribution is 8.23. The van der Waals surface area contributed by atoms with Crippen molar-refractivity contribution in [2.45, 2.75) is 32.6 Å². The average Bonchev–Trinajstić information content (AvgIpc) is 2.23. The van der Waals surface area contributed by atoms with Gasteiger partial charge in [0.1, 0.15) is 4.32 Å². The Bertz CT molecular complexity index is 339. The number of unbranched alkanes of at least 4 members (excludes halogenated alkanes) is 3. The van der Waals surface area contributed by atoms with Gasteiger partial charge < -0.3 is 5.32 Å². The van der Waals surface area contributed by atoms with Crippen molar-refractivity contribution in [1.82, 2.24) is 5.32 Å². The highest BCUT2D eigenvalue weighted by Gasteiger charge is 1.97. The van der Waals surface area contributed by atoms with Gasteiger partial charge in [-0.2, -0.15) is 8.42 Å². The van der Waals surface area contributed by atoms with Crippen LogP contribution in [0.1, 0.15) is 32.6 Å². The predicted molar refractivity (Wildman–Crippen MR) is 77.9 cm³/mol. The summed E-state index contributed by atoms with van der Waals surface area (Å²) in [5.74, 6) is 0.431. The molecule has 0 aromatic rings. The van der Waals surface area contributed by atoms with E-state index in [0.717, 1.165) is 18.4 Å². The molecule has 0 atom stereocenters. The highest BCUT2D eigenvalue weighted by atomic mass is 32.2. The highest BCUT2D eigenvalue weighted by Crippen LogP contribution is 2.04. The molecule has 0 aromatic heterocycles. The van der Waals surface area contributed by atoms with E-state index in [9.17, 15) is 8.42 Å². The first-order valence-electron chi connectivity index (χ1n) is 5.50. The Balaban J connectivity index is 3.51. The molecule has 0 bridgehead atoms. The monoisotopic (exact) mass is 297 g/mol. The van der Waals surface area contributed by atoms with Crippen LogP contribution in [0, 0.1) is 0 Å². The SMILES string of the molecule is CCCCCCNC(=S)SC/C=C\S(=O)(=O)O. The summed E-state index contributed by atoms with van der Waals surface area (Å²) in [5.41, 5.74) is 0. The first-order chi connectivity index (χ1) is 7.95. The topological polar surface area (TPSA) is 66.4 Å². The lowest BCUT2D eigenvalue weighted by atomic mass is 10.2. The zero-order chi connectivity index (χ0) is 13.1.